The number of nitriles is 1. The normalized spacial score (nSPS) is 15.8. The molecule has 0 radical (unpaired) electrons. The molecular formula is C17H16N4OS. The van der Waals surface area contributed by atoms with Crippen LogP contribution in [0.3, 0.4) is 0 Å². The lowest BCUT2D eigenvalue weighted by Gasteiger charge is -2.17. The summed E-state index contributed by atoms with van der Waals surface area (Å²) in [5, 5.41) is 15.3. The molecule has 1 heterocycles. The topological polar surface area (TPSA) is 69.1 Å². The van der Waals surface area contributed by atoms with Crippen LogP contribution in [0.2, 0.25) is 0 Å². The molecule has 5 nitrogen and oxygen atoms in total. The number of nitrogens with one attached hydrogen (secondary N) is 3. The van der Waals surface area contributed by atoms with Gasteiger partial charge < -0.3 is 20.1 Å². The molecule has 3 N–H and O–H groups in total. The Balaban J connectivity index is 1.62. The summed E-state index contributed by atoms with van der Waals surface area (Å²) in [6, 6.07) is 17.4. The van der Waals surface area contributed by atoms with Gasteiger partial charge in [0.2, 0.25) is 6.35 Å². The highest BCUT2D eigenvalue weighted by Gasteiger charge is 2.18. The van der Waals surface area contributed by atoms with Gasteiger partial charge in [0, 0.05) is 29.4 Å². The van der Waals surface area contributed by atoms with Gasteiger partial charge in [0.15, 0.2) is 0 Å². The first-order valence-electron chi connectivity index (χ1n) is 7.07. The van der Waals surface area contributed by atoms with Crippen LogP contribution in [-0.2, 0) is 4.74 Å². The fraction of sp³-hybridized carbons (Fsp3) is 0.118. The SMILES string of the molecule is CSNc1cccc(NC2NC=C(c3ccc(C#N)cc3)O2)c1. The summed E-state index contributed by atoms with van der Waals surface area (Å²) in [6.45, 7) is 0. The van der Waals surface area contributed by atoms with Gasteiger partial charge in [0.25, 0.3) is 0 Å². The molecule has 0 fully saturated rings. The lowest BCUT2D eigenvalue weighted by Crippen LogP contribution is -2.30. The molecule has 0 bridgehead atoms. The zero-order valence-corrected chi connectivity index (χ0v) is 13.4. The number of nitrogens with zero attached hydrogens (tertiary/aromatic N) is 1. The summed E-state index contributed by atoms with van der Waals surface area (Å²) in [5.74, 6) is 0.741. The highest BCUT2D eigenvalue weighted by atomic mass is 32.2. The van der Waals surface area contributed by atoms with E-state index < -0.39 is 0 Å². The van der Waals surface area contributed by atoms with E-state index in [1.54, 1.807) is 24.1 Å². The Bertz CT molecular complexity index is 752. The van der Waals surface area contributed by atoms with Crippen molar-refractivity contribution in [3.63, 3.8) is 0 Å². The second-order valence-electron chi connectivity index (χ2n) is 4.89. The van der Waals surface area contributed by atoms with E-state index in [-0.39, 0.29) is 6.35 Å². The first kappa shape index (κ1) is 15.1. The maximum absolute atomic E-state index is 8.84. The largest absolute Gasteiger partial charge is 0.450 e. The Hall–Kier alpha value is -2.78. The third-order valence-electron chi connectivity index (χ3n) is 3.29. The van der Waals surface area contributed by atoms with Crippen molar-refractivity contribution in [1.29, 1.82) is 5.26 Å². The predicted octanol–water partition coefficient (Wildman–Crippen LogP) is 3.56. The van der Waals surface area contributed by atoms with E-state index in [1.165, 1.54) is 0 Å². The van der Waals surface area contributed by atoms with Crippen LogP contribution in [0.15, 0.2) is 54.7 Å². The van der Waals surface area contributed by atoms with E-state index in [1.807, 2.05) is 48.9 Å². The Kier molecular flexibility index (Phi) is 4.60. The summed E-state index contributed by atoms with van der Waals surface area (Å²) in [5.41, 5.74) is 3.54. The third kappa shape index (κ3) is 3.71. The maximum Gasteiger partial charge on any atom is 0.248 e. The van der Waals surface area contributed by atoms with Crippen molar-refractivity contribution >= 4 is 29.1 Å². The highest BCUT2D eigenvalue weighted by Crippen LogP contribution is 2.23. The summed E-state index contributed by atoms with van der Waals surface area (Å²) in [6.07, 6.45) is 3.48. The van der Waals surface area contributed by atoms with Crippen LogP contribution >= 0.6 is 11.9 Å². The first-order chi connectivity index (χ1) is 11.3. The van der Waals surface area contributed by atoms with Gasteiger partial charge in [-0.25, -0.2) is 0 Å². The second-order valence-corrected chi connectivity index (χ2v) is 5.51. The van der Waals surface area contributed by atoms with Gasteiger partial charge in [-0.05, 0) is 42.5 Å². The van der Waals surface area contributed by atoms with E-state index in [2.05, 4.69) is 21.4 Å². The van der Waals surface area contributed by atoms with Crippen LogP contribution < -0.4 is 15.4 Å². The average molecular weight is 324 g/mol. The van der Waals surface area contributed by atoms with E-state index in [0.29, 0.717) is 5.56 Å². The monoisotopic (exact) mass is 324 g/mol. The molecule has 1 atom stereocenters. The van der Waals surface area contributed by atoms with E-state index in [4.69, 9.17) is 10.00 Å². The number of ether oxygens (including phenoxy) is 1. The van der Waals surface area contributed by atoms with Crippen molar-refractivity contribution in [3.8, 4) is 6.07 Å². The molecule has 23 heavy (non-hydrogen) atoms. The minimum absolute atomic E-state index is 0.329. The predicted molar refractivity (Wildman–Crippen MR) is 94.3 cm³/mol. The number of hydrogen-bond acceptors (Lipinski definition) is 6. The van der Waals surface area contributed by atoms with Gasteiger partial charge in [-0.15, -0.1) is 0 Å². The Morgan fingerprint density at radius 1 is 1.17 bits per heavy atom. The molecule has 0 spiro atoms. The van der Waals surface area contributed by atoms with Crippen molar-refractivity contribution in [3.05, 3.63) is 65.9 Å². The minimum Gasteiger partial charge on any atom is -0.450 e. The molecule has 1 aliphatic rings. The van der Waals surface area contributed by atoms with Crippen LogP contribution in [0.25, 0.3) is 5.76 Å². The van der Waals surface area contributed by atoms with Crippen LogP contribution in [0, 0.1) is 11.3 Å². The van der Waals surface area contributed by atoms with Crippen LogP contribution in [-0.4, -0.2) is 12.6 Å². The zero-order valence-electron chi connectivity index (χ0n) is 12.5. The lowest BCUT2D eigenvalue weighted by atomic mass is 10.1. The Morgan fingerprint density at radius 2 is 1.96 bits per heavy atom. The maximum atomic E-state index is 8.84. The number of anilines is 2. The zero-order chi connectivity index (χ0) is 16.1. The van der Waals surface area contributed by atoms with Gasteiger partial charge in [-0.3, -0.25) is 0 Å². The quantitative estimate of drug-likeness (QED) is 0.731. The fourth-order valence-corrected chi connectivity index (χ4v) is 2.58. The Morgan fingerprint density at radius 3 is 2.70 bits per heavy atom. The van der Waals surface area contributed by atoms with Gasteiger partial charge in [0.1, 0.15) is 5.76 Å². The first-order valence-corrected chi connectivity index (χ1v) is 8.30. The molecule has 1 aliphatic heterocycles. The standard InChI is InChI=1S/C17H16N4OS/c1-23-21-15-4-2-3-14(9-15)20-17-19-11-16(22-17)13-7-5-12(10-18)6-8-13/h2-9,11,17,19-21H,1H3. The molecule has 6 heteroatoms. The fourth-order valence-electron chi connectivity index (χ4n) is 2.22. The van der Waals surface area contributed by atoms with Crippen LogP contribution in [0.1, 0.15) is 11.1 Å². The third-order valence-corrected chi connectivity index (χ3v) is 3.73. The molecule has 0 aliphatic carbocycles. The highest BCUT2D eigenvalue weighted by molar-refractivity contribution is 7.99. The molecular weight excluding hydrogens is 308 g/mol. The van der Waals surface area contributed by atoms with Crippen molar-refractivity contribution in [1.82, 2.24) is 5.32 Å². The van der Waals surface area contributed by atoms with Gasteiger partial charge >= 0.3 is 0 Å². The molecule has 0 saturated carbocycles. The van der Waals surface area contributed by atoms with Crippen molar-refractivity contribution in [2.24, 2.45) is 0 Å². The smallest absolute Gasteiger partial charge is 0.248 e. The van der Waals surface area contributed by atoms with Gasteiger partial charge in [-0.1, -0.05) is 18.0 Å². The van der Waals surface area contributed by atoms with E-state index in [0.717, 1.165) is 22.7 Å². The molecule has 0 amide bonds. The molecule has 1 unspecified atom stereocenters. The second kappa shape index (κ2) is 6.99. The molecule has 3 rings (SSSR count). The summed E-state index contributed by atoms with van der Waals surface area (Å²) in [7, 11) is 0. The molecule has 2 aromatic rings. The molecule has 0 saturated heterocycles. The van der Waals surface area contributed by atoms with E-state index >= 15 is 0 Å². The number of hydrogen-bond donors (Lipinski definition) is 3. The molecule has 116 valence electrons. The number of rotatable bonds is 5. The summed E-state index contributed by atoms with van der Waals surface area (Å²) in [4.78, 5) is 0. The van der Waals surface area contributed by atoms with Gasteiger partial charge in [-0.2, -0.15) is 5.26 Å². The van der Waals surface area contributed by atoms with Crippen molar-refractivity contribution < 1.29 is 4.74 Å². The van der Waals surface area contributed by atoms with Crippen molar-refractivity contribution in [2.75, 3.05) is 16.3 Å². The minimum atomic E-state index is -0.329. The average Bonchev–Trinajstić information content (AvgIpc) is 3.04. The molecule has 0 aromatic heterocycles. The lowest BCUT2D eigenvalue weighted by molar-refractivity contribution is 0.199. The van der Waals surface area contributed by atoms with E-state index in [9.17, 15) is 0 Å². The summed E-state index contributed by atoms with van der Waals surface area (Å²) >= 11 is 1.55. The number of benzene rings is 2. The van der Waals surface area contributed by atoms with Crippen molar-refractivity contribution in [2.45, 2.75) is 6.35 Å². The molecule has 2 aromatic carbocycles. The summed E-state index contributed by atoms with van der Waals surface area (Å²) < 4.78 is 9.05. The van der Waals surface area contributed by atoms with Crippen LogP contribution in [0.4, 0.5) is 11.4 Å². The Labute approximate surface area is 139 Å². The van der Waals surface area contributed by atoms with Crippen LogP contribution in [0.5, 0.6) is 0 Å². The van der Waals surface area contributed by atoms with Gasteiger partial charge in [0.05, 0.1) is 11.6 Å².